The van der Waals surface area contributed by atoms with Gasteiger partial charge in [0.05, 0.1) is 6.20 Å². The highest BCUT2D eigenvalue weighted by Crippen LogP contribution is 2.40. The molecule has 0 bridgehead atoms. The van der Waals surface area contributed by atoms with Crippen molar-refractivity contribution < 1.29 is 18.0 Å². The zero-order valence-electron chi connectivity index (χ0n) is 12.4. The highest BCUT2D eigenvalue weighted by atomic mass is 19.4. The number of hydrogen-bond acceptors (Lipinski definition) is 2. The number of aromatic amines is 1. The summed E-state index contributed by atoms with van der Waals surface area (Å²) in [5.41, 5.74) is 2.50. The SMILES string of the molecule is C[C@H](NC(=O)c1[nH]ncc1-c1ccc(C2CC2)cc1)C(F)(F)F. The number of nitrogens with one attached hydrogen (secondary N) is 2. The van der Waals surface area contributed by atoms with Crippen LogP contribution in [0, 0.1) is 0 Å². The molecule has 1 heterocycles. The van der Waals surface area contributed by atoms with Gasteiger partial charge in [-0.3, -0.25) is 9.89 Å². The van der Waals surface area contributed by atoms with E-state index in [2.05, 4.69) is 10.2 Å². The average molecular weight is 323 g/mol. The highest BCUT2D eigenvalue weighted by Gasteiger charge is 2.37. The van der Waals surface area contributed by atoms with Gasteiger partial charge in [0.2, 0.25) is 0 Å². The quantitative estimate of drug-likeness (QED) is 0.902. The summed E-state index contributed by atoms with van der Waals surface area (Å²) in [4.78, 5) is 12.1. The lowest BCUT2D eigenvalue weighted by atomic mass is 10.0. The Labute approximate surface area is 131 Å². The van der Waals surface area contributed by atoms with Gasteiger partial charge in [0.1, 0.15) is 11.7 Å². The van der Waals surface area contributed by atoms with E-state index in [9.17, 15) is 18.0 Å². The van der Waals surface area contributed by atoms with Crippen molar-refractivity contribution in [1.82, 2.24) is 15.5 Å². The van der Waals surface area contributed by atoms with E-state index in [1.807, 2.05) is 29.6 Å². The Morgan fingerprint density at radius 3 is 2.52 bits per heavy atom. The zero-order chi connectivity index (χ0) is 16.6. The lowest BCUT2D eigenvalue weighted by Gasteiger charge is -2.17. The third-order valence-electron chi connectivity index (χ3n) is 3.98. The molecule has 7 heteroatoms. The van der Waals surface area contributed by atoms with Gasteiger partial charge in [-0.2, -0.15) is 18.3 Å². The summed E-state index contributed by atoms with van der Waals surface area (Å²) >= 11 is 0. The molecule has 0 radical (unpaired) electrons. The Morgan fingerprint density at radius 2 is 1.96 bits per heavy atom. The first-order valence-electron chi connectivity index (χ1n) is 7.37. The van der Waals surface area contributed by atoms with Crippen molar-refractivity contribution in [3.63, 3.8) is 0 Å². The molecule has 122 valence electrons. The monoisotopic (exact) mass is 323 g/mol. The summed E-state index contributed by atoms with van der Waals surface area (Å²) in [5, 5.41) is 8.21. The Balaban J connectivity index is 1.80. The second-order valence-electron chi connectivity index (χ2n) is 5.79. The lowest BCUT2D eigenvalue weighted by Crippen LogP contribution is -2.43. The smallest absolute Gasteiger partial charge is 0.339 e. The van der Waals surface area contributed by atoms with Crippen molar-refractivity contribution >= 4 is 5.91 Å². The molecular formula is C16H16F3N3O. The minimum Gasteiger partial charge on any atom is -0.339 e. The van der Waals surface area contributed by atoms with Gasteiger partial charge < -0.3 is 5.32 Å². The molecule has 3 rings (SSSR count). The second kappa shape index (κ2) is 5.72. The number of H-pyrrole nitrogens is 1. The summed E-state index contributed by atoms with van der Waals surface area (Å²) in [6, 6.07) is 5.77. The molecule has 1 atom stereocenters. The van der Waals surface area contributed by atoms with Gasteiger partial charge in [-0.15, -0.1) is 0 Å². The number of halogens is 3. The van der Waals surface area contributed by atoms with Crippen molar-refractivity contribution in [3.8, 4) is 11.1 Å². The van der Waals surface area contributed by atoms with Crippen LogP contribution in [0.4, 0.5) is 13.2 Å². The predicted octanol–water partition coefficient (Wildman–Crippen LogP) is 3.63. The number of hydrogen-bond donors (Lipinski definition) is 2. The van der Waals surface area contributed by atoms with Crippen LogP contribution in [0.3, 0.4) is 0 Å². The van der Waals surface area contributed by atoms with Crippen LogP contribution in [-0.4, -0.2) is 28.3 Å². The topological polar surface area (TPSA) is 57.8 Å². The largest absolute Gasteiger partial charge is 0.408 e. The van der Waals surface area contributed by atoms with Crippen molar-refractivity contribution in [2.75, 3.05) is 0 Å². The maximum atomic E-state index is 12.6. The van der Waals surface area contributed by atoms with Gasteiger partial charge in [-0.1, -0.05) is 24.3 Å². The summed E-state index contributed by atoms with van der Waals surface area (Å²) < 4.78 is 37.7. The molecule has 0 aliphatic heterocycles. The van der Waals surface area contributed by atoms with Crippen LogP contribution in [0.1, 0.15) is 41.7 Å². The van der Waals surface area contributed by atoms with Gasteiger partial charge in [0.25, 0.3) is 5.91 Å². The fourth-order valence-corrected chi connectivity index (χ4v) is 2.38. The molecule has 1 saturated carbocycles. The predicted molar refractivity (Wildman–Crippen MR) is 79.0 cm³/mol. The van der Waals surface area contributed by atoms with Crippen LogP contribution in [-0.2, 0) is 0 Å². The van der Waals surface area contributed by atoms with Crippen molar-refractivity contribution in [2.24, 2.45) is 0 Å². The van der Waals surface area contributed by atoms with E-state index in [4.69, 9.17) is 0 Å². The van der Waals surface area contributed by atoms with Crippen molar-refractivity contribution in [1.29, 1.82) is 0 Å². The van der Waals surface area contributed by atoms with Crippen LogP contribution in [0.2, 0.25) is 0 Å². The highest BCUT2D eigenvalue weighted by molar-refractivity contribution is 5.99. The number of nitrogens with zero attached hydrogens (tertiary/aromatic N) is 1. The number of carbonyl (C=O) groups excluding carboxylic acids is 1. The van der Waals surface area contributed by atoms with E-state index in [1.54, 1.807) is 0 Å². The standard InChI is InChI=1S/C16H16F3N3O/c1-9(16(17,18)19)21-15(23)14-13(8-20-22-14)12-6-4-11(5-7-12)10-2-3-10/h4-10H,2-3H2,1H3,(H,20,22)(H,21,23)/t9-/m0/s1. The number of carbonyl (C=O) groups is 1. The first-order valence-corrected chi connectivity index (χ1v) is 7.37. The average Bonchev–Trinajstić information content (AvgIpc) is 3.23. The van der Waals surface area contributed by atoms with E-state index in [1.165, 1.54) is 24.6 Å². The van der Waals surface area contributed by atoms with Crippen LogP contribution in [0.25, 0.3) is 11.1 Å². The molecule has 23 heavy (non-hydrogen) atoms. The van der Waals surface area contributed by atoms with Crippen LogP contribution in [0.15, 0.2) is 30.5 Å². The number of rotatable bonds is 4. The molecule has 1 amide bonds. The van der Waals surface area contributed by atoms with Gasteiger partial charge in [-0.25, -0.2) is 0 Å². The van der Waals surface area contributed by atoms with Crippen LogP contribution in [0.5, 0.6) is 0 Å². The normalized spacial score (nSPS) is 16.2. The molecule has 2 N–H and O–H groups in total. The van der Waals surface area contributed by atoms with Gasteiger partial charge in [0.15, 0.2) is 0 Å². The Hall–Kier alpha value is -2.31. The molecule has 1 aliphatic carbocycles. The summed E-state index contributed by atoms with van der Waals surface area (Å²) in [6.45, 7) is 0.901. The van der Waals surface area contributed by atoms with E-state index in [0.29, 0.717) is 11.5 Å². The third kappa shape index (κ3) is 3.38. The molecule has 1 aromatic carbocycles. The Kier molecular flexibility index (Phi) is 3.87. The molecular weight excluding hydrogens is 307 g/mol. The van der Waals surface area contributed by atoms with Crippen LogP contribution >= 0.6 is 0 Å². The van der Waals surface area contributed by atoms with E-state index in [0.717, 1.165) is 12.5 Å². The minimum absolute atomic E-state index is 0.0280. The fraction of sp³-hybridized carbons (Fsp3) is 0.375. The Bertz CT molecular complexity index is 702. The first kappa shape index (κ1) is 15.6. The third-order valence-corrected chi connectivity index (χ3v) is 3.98. The summed E-state index contributed by atoms with van der Waals surface area (Å²) in [5.74, 6) is -0.211. The molecule has 1 fully saturated rings. The fourth-order valence-electron chi connectivity index (χ4n) is 2.38. The summed E-state index contributed by atoms with van der Waals surface area (Å²) in [6.07, 6.45) is -0.664. The number of aromatic nitrogens is 2. The van der Waals surface area contributed by atoms with Gasteiger partial charge >= 0.3 is 6.18 Å². The van der Waals surface area contributed by atoms with Gasteiger partial charge in [-0.05, 0) is 36.8 Å². The zero-order valence-corrected chi connectivity index (χ0v) is 12.4. The number of benzene rings is 1. The lowest BCUT2D eigenvalue weighted by molar-refractivity contribution is -0.149. The molecule has 1 aliphatic rings. The molecule has 4 nitrogen and oxygen atoms in total. The van der Waals surface area contributed by atoms with Crippen molar-refractivity contribution in [2.45, 2.75) is 37.9 Å². The van der Waals surface area contributed by atoms with E-state index in [-0.39, 0.29) is 5.69 Å². The molecule has 0 spiro atoms. The van der Waals surface area contributed by atoms with Crippen LogP contribution < -0.4 is 5.32 Å². The second-order valence-corrected chi connectivity index (χ2v) is 5.79. The number of alkyl halides is 3. The van der Waals surface area contributed by atoms with E-state index >= 15 is 0 Å². The van der Waals surface area contributed by atoms with E-state index < -0.39 is 18.1 Å². The molecule has 1 aromatic heterocycles. The maximum Gasteiger partial charge on any atom is 0.408 e. The Morgan fingerprint density at radius 1 is 1.30 bits per heavy atom. The first-order chi connectivity index (χ1) is 10.9. The molecule has 2 aromatic rings. The molecule has 0 saturated heterocycles. The molecule has 0 unspecified atom stereocenters. The minimum atomic E-state index is -4.48. The number of amides is 1. The van der Waals surface area contributed by atoms with Gasteiger partial charge in [0, 0.05) is 5.56 Å². The van der Waals surface area contributed by atoms with Crippen molar-refractivity contribution in [3.05, 3.63) is 41.7 Å². The maximum absolute atomic E-state index is 12.6. The summed E-state index contributed by atoms with van der Waals surface area (Å²) in [7, 11) is 0.